The molecule has 0 radical (unpaired) electrons. The molecule has 1 aliphatic heterocycles. The van der Waals surface area contributed by atoms with Crippen molar-refractivity contribution in [3.63, 3.8) is 0 Å². The summed E-state index contributed by atoms with van der Waals surface area (Å²) in [7, 11) is 0. The predicted molar refractivity (Wildman–Crippen MR) is 53.8 cm³/mol. The summed E-state index contributed by atoms with van der Waals surface area (Å²) in [6.07, 6.45) is 5.67. The molecule has 1 aromatic rings. The molecule has 1 aromatic heterocycles. The number of piperidine rings is 1. The molecule has 70 valence electrons. The fourth-order valence-electron chi connectivity index (χ4n) is 1.73. The number of hydrogen-bond donors (Lipinski definition) is 1. The third-order valence-corrected chi connectivity index (χ3v) is 2.69. The van der Waals surface area contributed by atoms with E-state index in [-0.39, 0.29) is 0 Å². The zero-order valence-corrected chi connectivity index (χ0v) is 8.22. The smallest absolute Gasteiger partial charge is 0.129 e. The minimum absolute atomic E-state index is 0.485. The van der Waals surface area contributed by atoms with Gasteiger partial charge in [0, 0.05) is 12.2 Å². The van der Waals surface area contributed by atoms with Crippen molar-refractivity contribution in [1.29, 1.82) is 0 Å². The summed E-state index contributed by atoms with van der Waals surface area (Å²) in [5, 5.41) is 4.04. The van der Waals surface area contributed by atoms with Crippen LogP contribution in [0.2, 0.25) is 5.15 Å². The second-order valence-electron chi connectivity index (χ2n) is 3.42. The lowest BCUT2D eigenvalue weighted by Gasteiger charge is -2.23. The van der Waals surface area contributed by atoms with Crippen LogP contribution in [0, 0.1) is 0 Å². The maximum Gasteiger partial charge on any atom is 0.129 e. The van der Waals surface area contributed by atoms with Crippen molar-refractivity contribution in [2.24, 2.45) is 0 Å². The lowest BCUT2D eigenvalue weighted by molar-refractivity contribution is 0.411. The lowest BCUT2D eigenvalue weighted by atomic mass is 9.99. The highest BCUT2D eigenvalue weighted by Crippen LogP contribution is 2.22. The Kier molecular flexibility index (Phi) is 2.81. The second kappa shape index (κ2) is 4.07. The number of halogens is 1. The molecule has 13 heavy (non-hydrogen) atoms. The molecule has 0 aromatic carbocycles. The largest absolute Gasteiger partial charge is 0.310 e. The first-order chi connectivity index (χ1) is 6.36. The highest BCUT2D eigenvalue weighted by molar-refractivity contribution is 6.29. The van der Waals surface area contributed by atoms with E-state index in [9.17, 15) is 0 Å². The Bertz CT molecular complexity index is 265. The minimum Gasteiger partial charge on any atom is -0.310 e. The quantitative estimate of drug-likeness (QED) is 0.699. The van der Waals surface area contributed by atoms with Crippen LogP contribution in [0.4, 0.5) is 0 Å². The Morgan fingerprint density at radius 3 is 2.92 bits per heavy atom. The molecule has 2 nitrogen and oxygen atoms in total. The molecule has 1 atom stereocenters. The third-order valence-electron chi connectivity index (χ3n) is 2.46. The molecule has 0 aliphatic carbocycles. The number of rotatable bonds is 1. The molecular weight excluding hydrogens is 184 g/mol. The third kappa shape index (κ3) is 2.20. The zero-order valence-electron chi connectivity index (χ0n) is 7.46. The molecule has 0 amide bonds. The van der Waals surface area contributed by atoms with Gasteiger partial charge in [0.05, 0.1) is 0 Å². The van der Waals surface area contributed by atoms with E-state index in [4.69, 9.17) is 11.6 Å². The average molecular weight is 197 g/mol. The van der Waals surface area contributed by atoms with Crippen LogP contribution in [0.1, 0.15) is 30.9 Å². The van der Waals surface area contributed by atoms with E-state index in [0.717, 1.165) is 6.54 Å². The van der Waals surface area contributed by atoms with Crippen molar-refractivity contribution in [2.45, 2.75) is 25.3 Å². The van der Waals surface area contributed by atoms with E-state index in [1.807, 2.05) is 12.3 Å². The number of aromatic nitrogens is 1. The van der Waals surface area contributed by atoms with E-state index in [0.29, 0.717) is 11.2 Å². The maximum absolute atomic E-state index is 5.72. The van der Waals surface area contributed by atoms with Crippen molar-refractivity contribution < 1.29 is 0 Å². The first-order valence-electron chi connectivity index (χ1n) is 4.71. The molecule has 2 heterocycles. The molecule has 1 aliphatic rings. The molecule has 2 rings (SSSR count). The first kappa shape index (κ1) is 8.97. The Morgan fingerprint density at radius 2 is 2.31 bits per heavy atom. The van der Waals surface area contributed by atoms with Crippen LogP contribution >= 0.6 is 11.6 Å². The molecule has 0 saturated carbocycles. The lowest BCUT2D eigenvalue weighted by Crippen LogP contribution is -2.26. The SMILES string of the molecule is Clc1ccc([C@@H]2CCCCN2)cn1. The summed E-state index contributed by atoms with van der Waals surface area (Å²) in [5.41, 5.74) is 1.25. The van der Waals surface area contributed by atoms with Crippen molar-refractivity contribution >= 4 is 11.6 Å². The van der Waals surface area contributed by atoms with Gasteiger partial charge >= 0.3 is 0 Å². The number of nitrogens with one attached hydrogen (secondary N) is 1. The van der Waals surface area contributed by atoms with E-state index < -0.39 is 0 Å². The standard InChI is InChI=1S/C10H13ClN2/c11-10-5-4-8(7-13-10)9-3-1-2-6-12-9/h4-5,7,9,12H,1-3,6H2/t9-/m0/s1. The molecule has 1 N–H and O–H groups in total. The Hall–Kier alpha value is -0.600. The van der Waals surface area contributed by atoms with Crippen LogP contribution in [-0.2, 0) is 0 Å². The Labute approximate surface area is 83.3 Å². The van der Waals surface area contributed by atoms with Crippen LogP contribution in [0.15, 0.2) is 18.3 Å². The summed E-state index contributed by atoms with van der Waals surface area (Å²) in [4.78, 5) is 4.08. The van der Waals surface area contributed by atoms with E-state index in [2.05, 4.69) is 16.4 Å². The van der Waals surface area contributed by atoms with Crippen LogP contribution < -0.4 is 5.32 Å². The van der Waals surface area contributed by atoms with Crippen molar-refractivity contribution in [3.8, 4) is 0 Å². The molecule has 3 heteroatoms. The molecule has 0 bridgehead atoms. The van der Waals surface area contributed by atoms with E-state index >= 15 is 0 Å². The van der Waals surface area contributed by atoms with Gasteiger partial charge in [0.1, 0.15) is 5.15 Å². The number of nitrogens with zero attached hydrogens (tertiary/aromatic N) is 1. The monoisotopic (exact) mass is 196 g/mol. The van der Waals surface area contributed by atoms with E-state index in [1.54, 1.807) is 0 Å². The highest BCUT2D eigenvalue weighted by atomic mass is 35.5. The number of hydrogen-bond acceptors (Lipinski definition) is 2. The van der Waals surface area contributed by atoms with Crippen LogP contribution in [-0.4, -0.2) is 11.5 Å². The Balaban J connectivity index is 2.10. The van der Waals surface area contributed by atoms with Gasteiger partial charge in [-0.1, -0.05) is 24.1 Å². The summed E-state index contributed by atoms with van der Waals surface area (Å²) in [5.74, 6) is 0. The summed E-state index contributed by atoms with van der Waals surface area (Å²) in [6.45, 7) is 1.12. The van der Waals surface area contributed by atoms with Crippen LogP contribution in [0.5, 0.6) is 0 Å². The predicted octanol–water partition coefficient (Wildman–Crippen LogP) is 2.55. The Morgan fingerprint density at radius 1 is 1.38 bits per heavy atom. The minimum atomic E-state index is 0.485. The molecule has 1 fully saturated rings. The summed E-state index contributed by atoms with van der Waals surface area (Å²) >= 11 is 5.72. The van der Waals surface area contributed by atoms with E-state index in [1.165, 1.54) is 24.8 Å². The zero-order chi connectivity index (χ0) is 9.10. The van der Waals surface area contributed by atoms with Gasteiger partial charge in [0.25, 0.3) is 0 Å². The second-order valence-corrected chi connectivity index (χ2v) is 3.80. The highest BCUT2D eigenvalue weighted by Gasteiger charge is 2.14. The molecule has 0 unspecified atom stereocenters. The van der Waals surface area contributed by atoms with Crippen molar-refractivity contribution in [3.05, 3.63) is 29.0 Å². The van der Waals surface area contributed by atoms with Gasteiger partial charge in [-0.15, -0.1) is 0 Å². The van der Waals surface area contributed by atoms with Gasteiger partial charge < -0.3 is 5.32 Å². The van der Waals surface area contributed by atoms with Crippen molar-refractivity contribution in [1.82, 2.24) is 10.3 Å². The van der Waals surface area contributed by atoms with Gasteiger partial charge in [-0.05, 0) is 31.0 Å². The summed E-state index contributed by atoms with van der Waals surface area (Å²) in [6, 6.07) is 4.39. The summed E-state index contributed by atoms with van der Waals surface area (Å²) < 4.78 is 0. The molecule has 1 saturated heterocycles. The van der Waals surface area contributed by atoms with Crippen molar-refractivity contribution in [2.75, 3.05) is 6.54 Å². The van der Waals surface area contributed by atoms with Crippen LogP contribution in [0.3, 0.4) is 0 Å². The molecule has 0 spiro atoms. The van der Waals surface area contributed by atoms with Gasteiger partial charge in [-0.3, -0.25) is 0 Å². The fraction of sp³-hybridized carbons (Fsp3) is 0.500. The number of pyridine rings is 1. The first-order valence-corrected chi connectivity index (χ1v) is 5.09. The van der Waals surface area contributed by atoms with Gasteiger partial charge in [0.2, 0.25) is 0 Å². The normalized spacial score (nSPS) is 23.0. The maximum atomic E-state index is 5.72. The average Bonchev–Trinajstić information content (AvgIpc) is 2.20. The molecular formula is C10H13ClN2. The topological polar surface area (TPSA) is 24.9 Å². The van der Waals surface area contributed by atoms with Crippen LogP contribution in [0.25, 0.3) is 0 Å². The fourth-order valence-corrected chi connectivity index (χ4v) is 1.84. The van der Waals surface area contributed by atoms with Gasteiger partial charge in [-0.25, -0.2) is 4.98 Å². The van der Waals surface area contributed by atoms with Gasteiger partial charge in [0.15, 0.2) is 0 Å². The van der Waals surface area contributed by atoms with Gasteiger partial charge in [-0.2, -0.15) is 0 Å².